The van der Waals surface area contributed by atoms with Crippen molar-refractivity contribution in [1.82, 2.24) is 5.32 Å². The summed E-state index contributed by atoms with van der Waals surface area (Å²) < 4.78 is 0. The van der Waals surface area contributed by atoms with Gasteiger partial charge in [0.15, 0.2) is 0 Å². The summed E-state index contributed by atoms with van der Waals surface area (Å²) in [6.45, 7) is 8.32. The Morgan fingerprint density at radius 3 is 1.88 bits per heavy atom. The standard InChI is InChI=1S/C6H11BrN2O2.C4H6O2/c1-3(2)4(7)5(10)9-6(8)11;1-3(2)4(5)6/h3-4H,1-2H3,(H3,8,9,10,11);1H2,2H3,(H,5,6). The Morgan fingerprint density at radius 1 is 1.35 bits per heavy atom. The van der Waals surface area contributed by atoms with Crippen molar-refractivity contribution in [3.63, 3.8) is 0 Å². The van der Waals surface area contributed by atoms with Crippen molar-refractivity contribution in [3.8, 4) is 0 Å². The molecule has 0 fully saturated rings. The van der Waals surface area contributed by atoms with Crippen molar-refractivity contribution in [2.24, 2.45) is 11.7 Å². The van der Waals surface area contributed by atoms with E-state index in [-0.39, 0.29) is 16.3 Å². The van der Waals surface area contributed by atoms with Crippen LogP contribution in [0.4, 0.5) is 4.79 Å². The van der Waals surface area contributed by atoms with Crippen molar-refractivity contribution in [3.05, 3.63) is 12.2 Å². The molecule has 3 amide bonds. The molecule has 0 aromatic heterocycles. The van der Waals surface area contributed by atoms with Crippen molar-refractivity contribution >= 4 is 33.8 Å². The van der Waals surface area contributed by atoms with Gasteiger partial charge in [-0.25, -0.2) is 9.59 Å². The molecule has 0 aromatic rings. The van der Waals surface area contributed by atoms with E-state index >= 15 is 0 Å². The number of hydrogen-bond acceptors (Lipinski definition) is 3. The van der Waals surface area contributed by atoms with Gasteiger partial charge in [-0.05, 0) is 12.8 Å². The molecule has 17 heavy (non-hydrogen) atoms. The number of imide groups is 1. The lowest BCUT2D eigenvalue weighted by Crippen LogP contribution is -2.41. The molecular weight excluding hydrogens is 292 g/mol. The Bertz CT molecular complexity index is 303. The quantitative estimate of drug-likeness (QED) is 0.538. The smallest absolute Gasteiger partial charge is 0.330 e. The summed E-state index contributed by atoms with van der Waals surface area (Å²) in [5.74, 6) is -1.20. The molecule has 0 aliphatic carbocycles. The first-order valence-corrected chi connectivity index (χ1v) is 5.64. The fourth-order valence-electron chi connectivity index (χ4n) is 0.493. The van der Waals surface area contributed by atoms with E-state index in [0.29, 0.717) is 0 Å². The van der Waals surface area contributed by atoms with Crippen LogP contribution in [0, 0.1) is 5.92 Å². The first-order chi connectivity index (χ1) is 7.59. The van der Waals surface area contributed by atoms with E-state index in [1.165, 1.54) is 6.92 Å². The van der Waals surface area contributed by atoms with Crippen LogP contribution in [-0.4, -0.2) is 27.8 Å². The number of carbonyl (C=O) groups is 3. The van der Waals surface area contributed by atoms with Crippen molar-refractivity contribution in [1.29, 1.82) is 0 Å². The summed E-state index contributed by atoms with van der Waals surface area (Å²) >= 11 is 3.12. The zero-order valence-corrected chi connectivity index (χ0v) is 11.6. The van der Waals surface area contributed by atoms with E-state index in [1.54, 1.807) is 0 Å². The van der Waals surface area contributed by atoms with Gasteiger partial charge in [-0.2, -0.15) is 0 Å². The molecule has 0 aliphatic heterocycles. The van der Waals surface area contributed by atoms with Crippen LogP contribution in [0.25, 0.3) is 0 Å². The van der Waals surface area contributed by atoms with Gasteiger partial charge < -0.3 is 10.8 Å². The van der Waals surface area contributed by atoms with Crippen LogP contribution >= 0.6 is 15.9 Å². The number of nitrogens with two attached hydrogens (primary N) is 1. The molecule has 0 rings (SSSR count). The van der Waals surface area contributed by atoms with Gasteiger partial charge in [-0.3, -0.25) is 10.1 Å². The van der Waals surface area contributed by atoms with Crippen LogP contribution in [-0.2, 0) is 9.59 Å². The van der Waals surface area contributed by atoms with Crippen LogP contribution < -0.4 is 11.1 Å². The summed E-state index contributed by atoms with van der Waals surface area (Å²) in [5.41, 5.74) is 4.92. The lowest BCUT2D eigenvalue weighted by atomic mass is 10.1. The number of carboxylic acids is 1. The number of carbonyl (C=O) groups excluding carboxylic acids is 2. The number of aliphatic carboxylic acids is 1. The fourth-order valence-corrected chi connectivity index (χ4v) is 0.608. The van der Waals surface area contributed by atoms with Gasteiger partial charge in [-0.1, -0.05) is 36.4 Å². The van der Waals surface area contributed by atoms with Gasteiger partial charge in [0.05, 0.1) is 4.83 Å². The molecular formula is C10H17BrN2O4. The van der Waals surface area contributed by atoms with Crippen molar-refractivity contribution in [2.75, 3.05) is 0 Å². The zero-order chi connectivity index (χ0) is 14.2. The van der Waals surface area contributed by atoms with Crippen LogP contribution in [0.5, 0.6) is 0 Å². The topological polar surface area (TPSA) is 109 Å². The monoisotopic (exact) mass is 308 g/mol. The Morgan fingerprint density at radius 2 is 1.71 bits per heavy atom. The Kier molecular flexibility index (Phi) is 9.26. The fraction of sp³-hybridized carbons (Fsp3) is 0.500. The number of alkyl halides is 1. The summed E-state index contributed by atoms with van der Waals surface area (Å²) in [4.78, 5) is 30.4. The molecule has 1 atom stereocenters. The Hall–Kier alpha value is -1.37. The first kappa shape index (κ1) is 18.0. The molecule has 1 unspecified atom stereocenters. The van der Waals surface area contributed by atoms with Gasteiger partial charge in [0.2, 0.25) is 5.91 Å². The summed E-state index contributed by atoms with van der Waals surface area (Å²) in [7, 11) is 0. The summed E-state index contributed by atoms with van der Waals surface area (Å²) in [6.07, 6.45) is 0. The third-order valence-electron chi connectivity index (χ3n) is 1.45. The molecule has 6 nitrogen and oxygen atoms in total. The van der Waals surface area contributed by atoms with Gasteiger partial charge in [0, 0.05) is 5.57 Å². The molecule has 0 aromatic carbocycles. The van der Waals surface area contributed by atoms with Crippen LogP contribution in [0.1, 0.15) is 20.8 Å². The highest BCUT2D eigenvalue weighted by atomic mass is 79.9. The predicted octanol–water partition coefficient (Wildman–Crippen LogP) is 1.25. The number of halogens is 1. The van der Waals surface area contributed by atoms with E-state index in [4.69, 9.17) is 10.8 Å². The number of nitrogens with one attached hydrogen (secondary N) is 1. The average molecular weight is 309 g/mol. The Balaban J connectivity index is 0. The number of amides is 3. The average Bonchev–Trinajstić information content (AvgIpc) is 2.15. The van der Waals surface area contributed by atoms with Crippen LogP contribution in [0.15, 0.2) is 12.2 Å². The molecule has 4 N–H and O–H groups in total. The Labute approximate surface area is 108 Å². The maximum absolute atomic E-state index is 10.9. The maximum atomic E-state index is 10.9. The molecule has 0 aliphatic rings. The highest BCUT2D eigenvalue weighted by molar-refractivity contribution is 9.10. The predicted molar refractivity (Wildman–Crippen MR) is 67.7 cm³/mol. The third-order valence-corrected chi connectivity index (χ3v) is 2.92. The first-order valence-electron chi connectivity index (χ1n) is 4.72. The highest BCUT2D eigenvalue weighted by Gasteiger charge is 2.19. The largest absolute Gasteiger partial charge is 0.478 e. The molecule has 0 spiro atoms. The lowest BCUT2D eigenvalue weighted by molar-refractivity contribution is -0.132. The van der Waals surface area contributed by atoms with E-state index in [1.807, 2.05) is 19.2 Å². The van der Waals surface area contributed by atoms with Gasteiger partial charge in [0.1, 0.15) is 0 Å². The minimum absolute atomic E-state index is 0.134. The molecule has 0 radical (unpaired) electrons. The number of primary amides is 1. The maximum Gasteiger partial charge on any atom is 0.330 e. The summed E-state index contributed by atoms with van der Waals surface area (Å²) in [5, 5.41) is 9.87. The minimum atomic E-state index is -0.935. The third kappa shape index (κ3) is 10.9. The van der Waals surface area contributed by atoms with E-state index in [0.717, 1.165) is 0 Å². The SMILES string of the molecule is C=C(C)C(=O)O.CC(C)C(Br)C(=O)NC(N)=O. The second kappa shape index (κ2) is 8.74. The van der Waals surface area contributed by atoms with E-state index in [2.05, 4.69) is 22.5 Å². The lowest BCUT2D eigenvalue weighted by Gasteiger charge is -2.11. The molecule has 0 bridgehead atoms. The van der Waals surface area contributed by atoms with Gasteiger partial charge in [0.25, 0.3) is 0 Å². The minimum Gasteiger partial charge on any atom is -0.478 e. The van der Waals surface area contributed by atoms with Gasteiger partial charge in [-0.15, -0.1) is 0 Å². The van der Waals surface area contributed by atoms with Crippen LogP contribution in [0.3, 0.4) is 0 Å². The van der Waals surface area contributed by atoms with Crippen molar-refractivity contribution in [2.45, 2.75) is 25.6 Å². The number of rotatable bonds is 3. The van der Waals surface area contributed by atoms with Gasteiger partial charge >= 0.3 is 12.0 Å². The molecule has 0 heterocycles. The number of hydrogen-bond donors (Lipinski definition) is 3. The highest BCUT2D eigenvalue weighted by Crippen LogP contribution is 2.11. The second-order valence-corrected chi connectivity index (χ2v) is 4.57. The number of urea groups is 1. The van der Waals surface area contributed by atoms with Crippen molar-refractivity contribution < 1.29 is 19.5 Å². The second-order valence-electron chi connectivity index (χ2n) is 3.58. The van der Waals surface area contributed by atoms with E-state index < -0.39 is 17.9 Å². The van der Waals surface area contributed by atoms with E-state index in [9.17, 15) is 14.4 Å². The molecule has 7 heteroatoms. The zero-order valence-electron chi connectivity index (χ0n) is 9.99. The summed E-state index contributed by atoms with van der Waals surface area (Å²) in [6, 6.07) is -0.819. The molecule has 0 saturated carbocycles. The van der Waals surface area contributed by atoms with Crippen LogP contribution in [0.2, 0.25) is 0 Å². The number of carboxylic acid groups (broad SMARTS) is 1. The molecule has 0 saturated heterocycles. The normalized spacial score (nSPS) is 10.9. The molecule has 98 valence electrons.